The average molecular weight is 320 g/mol. The van der Waals surface area contributed by atoms with Gasteiger partial charge in [-0.3, -0.25) is 9.59 Å². The maximum Gasteiger partial charge on any atom is 0.176 e. The molecule has 1 aliphatic carbocycles. The summed E-state index contributed by atoms with van der Waals surface area (Å²) in [6, 6.07) is 18.6. The van der Waals surface area contributed by atoms with Gasteiger partial charge in [-0.15, -0.1) is 0 Å². The SMILES string of the molecule is O=C(c1ccccc1)C1(C(=O)c2ccccc2)CCCCCCC1. The Morgan fingerprint density at radius 3 is 1.38 bits per heavy atom. The molecule has 24 heavy (non-hydrogen) atoms. The third-order valence-corrected chi connectivity index (χ3v) is 5.15. The second-order valence-corrected chi connectivity index (χ2v) is 6.74. The van der Waals surface area contributed by atoms with E-state index in [2.05, 4.69) is 0 Å². The van der Waals surface area contributed by atoms with Crippen LogP contribution in [0.15, 0.2) is 60.7 Å². The molecule has 0 aromatic heterocycles. The number of Topliss-reactive ketones (excluding diaryl/α,β-unsaturated/α-hetero) is 2. The molecule has 2 aromatic carbocycles. The summed E-state index contributed by atoms with van der Waals surface area (Å²) >= 11 is 0. The van der Waals surface area contributed by atoms with Crippen LogP contribution in [0.5, 0.6) is 0 Å². The molecule has 0 bridgehead atoms. The lowest BCUT2D eigenvalue weighted by molar-refractivity contribution is 0.0611. The Bertz CT molecular complexity index is 627. The first-order valence-corrected chi connectivity index (χ1v) is 8.94. The third kappa shape index (κ3) is 3.33. The molecular formula is C22H24O2. The van der Waals surface area contributed by atoms with Gasteiger partial charge in [-0.2, -0.15) is 0 Å². The Labute approximate surface area is 143 Å². The van der Waals surface area contributed by atoms with E-state index in [9.17, 15) is 9.59 Å². The summed E-state index contributed by atoms with van der Waals surface area (Å²) in [5.41, 5.74) is 0.410. The van der Waals surface area contributed by atoms with Crippen molar-refractivity contribution in [2.24, 2.45) is 5.41 Å². The van der Waals surface area contributed by atoms with Crippen molar-refractivity contribution < 1.29 is 9.59 Å². The molecule has 0 radical (unpaired) electrons. The van der Waals surface area contributed by atoms with Crippen molar-refractivity contribution in [2.45, 2.75) is 44.9 Å². The highest BCUT2D eigenvalue weighted by Crippen LogP contribution is 2.40. The van der Waals surface area contributed by atoms with Crippen LogP contribution in [-0.2, 0) is 0 Å². The molecule has 1 saturated carbocycles. The predicted octanol–water partition coefficient (Wildman–Crippen LogP) is 5.48. The van der Waals surface area contributed by atoms with Crippen molar-refractivity contribution in [1.29, 1.82) is 0 Å². The standard InChI is InChI=1S/C22H24O2/c23-20(18-12-6-4-7-13-18)22(16-10-2-1-3-11-17-22)21(24)19-14-8-5-9-15-19/h4-9,12-15H,1-3,10-11,16-17H2. The number of ketones is 2. The lowest BCUT2D eigenvalue weighted by Gasteiger charge is -2.33. The monoisotopic (exact) mass is 320 g/mol. The fraction of sp³-hybridized carbons (Fsp3) is 0.364. The molecular weight excluding hydrogens is 296 g/mol. The van der Waals surface area contributed by atoms with Gasteiger partial charge in [0.05, 0.1) is 5.41 Å². The molecule has 2 aromatic rings. The molecule has 0 unspecified atom stereocenters. The molecule has 0 saturated heterocycles. The number of carbonyl (C=O) groups excluding carboxylic acids is 2. The van der Waals surface area contributed by atoms with Crippen LogP contribution in [-0.4, -0.2) is 11.6 Å². The largest absolute Gasteiger partial charge is 0.293 e. The van der Waals surface area contributed by atoms with Crippen LogP contribution >= 0.6 is 0 Å². The highest BCUT2D eigenvalue weighted by molar-refractivity contribution is 6.19. The molecule has 3 rings (SSSR count). The summed E-state index contributed by atoms with van der Waals surface area (Å²) < 4.78 is 0. The summed E-state index contributed by atoms with van der Waals surface area (Å²) in [6.07, 6.45) is 6.62. The fourth-order valence-corrected chi connectivity index (χ4v) is 3.80. The Morgan fingerprint density at radius 2 is 0.958 bits per heavy atom. The van der Waals surface area contributed by atoms with E-state index in [1.165, 1.54) is 6.42 Å². The summed E-state index contributed by atoms with van der Waals surface area (Å²) in [6.45, 7) is 0. The van der Waals surface area contributed by atoms with E-state index < -0.39 is 5.41 Å². The predicted molar refractivity (Wildman–Crippen MR) is 96.3 cm³/mol. The Balaban J connectivity index is 2.03. The van der Waals surface area contributed by atoms with Crippen LogP contribution < -0.4 is 0 Å². The number of carbonyl (C=O) groups is 2. The van der Waals surface area contributed by atoms with Crippen LogP contribution in [0.2, 0.25) is 0 Å². The zero-order chi connectivity index (χ0) is 16.8. The normalized spacial score (nSPS) is 17.5. The Morgan fingerprint density at radius 1 is 0.583 bits per heavy atom. The van der Waals surface area contributed by atoms with Gasteiger partial charge in [0.15, 0.2) is 11.6 Å². The van der Waals surface area contributed by atoms with E-state index in [0.29, 0.717) is 24.0 Å². The second-order valence-electron chi connectivity index (χ2n) is 6.74. The minimum atomic E-state index is -0.900. The Kier molecular flexibility index (Phi) is 5.24. The first kappa shape index (κ1) is 16.6. The molecule has 0 aliphatic heterocycles. The van der Waals surface area contributed by atoms with Crippen LogP contribution in [0.1, 0.15) is 65.7 Å². The van der Waals surface area contributed by atoms with Crippen LogP contribution in [0.3, 0.4) is 0 Å². The highest BCUT2D eigenvalue weighted by Gasteiger charge is 2.45. The number of benzene rings is 2. The van der Waals surface area contributed by atoms with Crippen molar-refractivity contribution >= 4 is 11.6 Å². The van der Waals surface area contributed by atoms with E-state index in [1.54, 1.807) is 0 Å². The van der Waals surface area contributed by atoms with Gasteiger partial charge in [0, 0.05) is 11.1 Å². The average Bonchev–Trinajstić information content (AvgIpc) is 2.62. The number of hydrogen-bond donors (Lipinski definition) is 0. The van der Waals surface area contributed by atoms with Crippen LogP contribution in [0, 0.1) is 5.41 Å². The van der Waals surface area contributed by atoms with Gasteiger partial charge in [0.25, 0.3) is 0 Å². The summed E-state index contributed by atoms with van der Waals surface area (Å²) in [5, 5.41) is 0. The molecule has 1 aliphatic rings. The van der Waals surface area contributed by atoms with Crippen molar-refractivity contribution in [3.05, 3.63) is 71.8 Å². The van der Waals surface area contributed by atoms with Crippen molar-refractivity contribution in [3.8, 4) is 0 Å². The van der Waals surface area contributed by atoms with E-state index in [1.807, 2.05) is 60.7 Å². The lowest BCUT2D eigenvalue weighted by atomic mass is 9.67. The molecule has 0 spiro atoms. The van der Waals surface area contributed by atoms with Crippen molar-refractivity contribution in [1.82, 2.24) is 0 Å². The quantitative estimate of drug-likeness (QED) is 0.552. The van der Waals surface area contributed by atoms with Gasteiger partial charge < -0.3 is 0 Å². The smallest absolute Gasteiger partial charge is 0.176 e. The van der Waals surface area contributed by atoms with Crippen LogP contribution in [0.25, 0.3) is 0 Å². The molecule has 0 atom stereocenters. The van der Waals surface area contributed by atoms with E-state index >= 15 is 0 Å². The van der Waals surface area contributed by atoms with E-state index in [-0.39, 0.29) is 11.6 Å². The van der Waals surface area contributed by atoms with Crippen molar-refractivity contribution in [3.63, 3.8) is 0 Å². The van der Waals surface area contributed by atoms with Gasteiger partial charge in [-0.25, -0.2) is 0 Å². The van der Waals surface area contributed by atoms with Gasteiger partial charge >= 0.3 is 0 Å². The Hall–Kier alpha value is -2.22. The lowest BCUT2D eigenvalue weighted by Crippen LogP contribution is -2.40. The molecule has 0 heterocycles. The molecule has 124 valence electrons. The fourth-order valence-electron chi connectivity index (χ4n) is 3.80. The zero-order valence-electron chi connectivity index (χ0n) is 14.0. The topological polar surface area (TPSA) is 34.1 Å². The van der Waals surface area contributed by atoms with Crippen molar-refractivity contribution in [2.75, 3.05) is 0 Å². The van der Waals surface area contributed by atoms with E-state index in [4.69, 9.17) is 0 Å². The van der Waals surface area contributed by atoms with Gasteiger partial charge in [-0.1, -0.05) is 92.8 Å². The number of hydrogen-bond acceptors (Lipinski definition) is 2. The molecule has 2 nitrogen and oxygen atoms in total. The third-order valence-electron chi connectivity index (χ3n) is 5.15. The molecule has 2 heteroatoms. The molecule has 0 amide bonds. The minimum Gasteiger partial charge on any atom is -0.293 e. The minimum absolute atomic E-state index is 0.00106. The first-order valence-electron chi connectivity index (χ1n) is 8.94. The van der Waals surface area contributed by atoms with Gasteiger partial charge in [0.1, 0.15) is 0 Å². The zero-order valence-corrected chi connectivity index (χ0v) is 14.0. The number of rotatable bonds is 4. The van der Waals surface area contributed by atoms with E-state index in [0.717, 1.165) is 25.7 Å². The summed E-state index contributed by atoms with van der Waals surface area (Å²) in [5.74, 6) is -0.00212. The highest BCUT2D eigenvalue weighted by atomic mass is 16.2. The first-order chi connectivity index (χ1) is 11.7. The second kappa shape index (κ2) is 7.57. The van der Waals surface area contributed by atoms with Gasteiger partial charge in [-0.05, 0) is 12.8 Å². The molecule has 1 fully saturated rings. The van der Waals surface area contributed by atoms with Gasteiger partial charge in [0.2, 0.25) is 0 Å². The van der Waals surface area contributed by atoms with Crippen LogP contribution in [0.4, 0.5) is 0 Å². The maximum absolute atomic E-state index is 13.4. The summed E-state index contributed by atoms with van der Waals surface area (Å²) in [7, 11) is 0. The molecule has 0 N–H and O–H groups in total. The maximum atomic E-state index is 13.4. The summed E-state index contributed by atoms with van der Waals surface area (Å²) in [4.78, 5) is 26.8.